The zero-order valence-electron chi connectivity index (χ0n) is 16.2. The molecule has 1 unspecified atom stereocenters. The van der Waals surface area contributed by atoms with Crippen LogP contribution < -0.4 is 10.6 Å². The van der Waals surface area contributed by atoms with Crippen LogP contribution in [0.15, 0.2) is 4.99 Å². The second-order valence-electron chi connectivity index (χ2n) is 7.04. The van der Waals surface area contributed by atoms with E-state index in [1.54, 1.807) is 0 Å². The Balaban J connectivity index is 0.00000312. The first-order valence-electron chi connectivity index (χ1n) is 9.49. The maximum Gasteiger partial charge on any atom is 0.191 e. The molecular weight excluding hydrogens is 427 g/mol. The molecule has 144 valence electrons. The van der Waals surface area contributed by atoms with E-state index in [0.29, 0.717) is 12.6 Å². The largest absolute Gasteiger partial charge is 0.357 e. The van der Waals surface area contributed by atoms with E-state index in [2.05, 4.69) is 39.7 Å². The molecule has 0 saturated heterocycles. The van der Waals surface area contributed by atoms with Crippen molar-refractivity contribution in [3.63, 3.8) is 0 Å². The van der Waals surface area contributed by atoms with Gasteiger partial charge in [0.2, 0.25) is 0 Å². The minimum Gasteiger partial charge on any atom is -0.357 e. The molecular formula is C18H35IN6. The van der Waals surface area contributed by atoms with E-state index in [0.717, 1.165) is 30.1 Å². The van der Waals surface area contributed by atoms with Gasteiger partial charge in [0.25, 0.3) is 0 Å². The smallest absolute Gasteiger partial charge is 0.191 e. The van der Waals surface area contributed by atoms with Crippen molar-refractivity contribution in [3.05, 3.63) is 11.6 Å². The monoisotopic (exact) mass is 462 g/mol. The maximum absolute atomic E-state index is 4.66. The fourth-order valence-corrected chi connectivity index (χ4v) is 3.33. The topological polar surface area (TPSA) is 67.1 Å². The Bertz CT molecular complexity index is 522. The highest BCUT2D eigenvalue weighted by atomic mass is 127. The molecule has 0 aromatic carbocycles. The molecule has 6 nitrogen and oxygen atoms in total. The highest BCUT2D eigenvalue weighted by Gasteiger charge is 2.15. The molecule has 0 amide bonds. The van der Waals surface area contributed by atoms with E-state index >= 15 is 0 Å². The number of hydrogen-bond donors (Lipinski definition) is 2. The van der Waals surface area contributed by atoms with Crippen LogP contribution in [-0.2, 0) is 13.6 Å². The number of aryl methyl sites for hydroxylation is 1. The van der Waals surface area contributed by atoms with Gasteiger partial charge >= 0.3 is 0 Å². The zero-order chi connectivity index (χ0) is 17.4. The van der Waals surface area contributed by atoms with Crippen LogP contribution >= 0.6 is 24.0 Å². The van der Waals surface area contributed by atoms with Gasteiger partial charge in [-0.15, -0.1) is 34.2 Å². The summed E-state index contributed by atoms with van der Waals surface area (Å²) in [5.74, 6) is 3.61. The molecule has 0 spiro atoms. The maximum atomic E-state index is 4.66. The zero-order valence-corrected chi connectivity index (χ0v) is 18.5. The molecule has 2 N–H and O–H groups in total. The van der Waals surface area contributed by atoms with E-state index in [4.69, 9.17) is 0 Å². The number of nitrogens with one attached hydrogen (secondary N) is 2. The molecule has 1 saturated carbocycles. The van der Waals surface area contributed by atoms with Crippen LogP contribution in [0, 0.1) is 12.8 Å². The molecule has 1 aliphatic carbocycles. The fourth-order valence-electron chi connectivity index (χ4n) is 3.33. The standard InChI is InChI=1S/C18H34N6.HI/c1-5-19-18(20-13-17-23-22-15(3)24(17)4)21-14(2)11-12-16-9-7-6-8-10-16;/h14,16H,5-13H2,1-4H3,(H2,19,20,21);1H. The molecule has 0 bridgehead atoms. The summed E-state index contributed by atoms with van der Waals surface area (Å²) in [5, 5.41) is 15.1. The number of guanidine groups is 1. The summed E-state index contributed by atoms with van der Waals surface area (Å²) in [4.78, 5) is 4.66. The highest BCUT2D eigenvalue weighted by molar-refractivity contribution is 14.0. The number of rotatable bonds is 7. The van der Waals surface area contributed by atoms with Gasteiger partial charge < -0.3 is 15.2 Å². The van der Waals surface area contributed by atoms with Gasteiger partial charge in [-0.05, 0) is 39.5 Å². The van der Waals surface area contributed by atoms with Gasteiger partial charge in [0.15, 0.2) is 11.8 Å². The SMILES string of the molecule is CCNC(=NCc1nnc(C)n1C)NC(C)CCC1CCCCC1.I. The van der Waals surface area contributed by atoms with Gasteiger partial charge in [-0.2, -0.15) is 0 Å². The second-order valence-corrected chi connectivity index (χ2v) is 7.04. The van der Waals surface area contributed by atoms with Gasteiger partial charge in [0.1, 0.15) is 12.4 Å². The first-order valence-corrected chi connectivity index (χ1v) is 9.49. The molecule has 25 heavy (non-hydrogen) atoms. The average molecular weight is 462 g/mol. The summed E-state index contributed by atoms with van der Waals surface area (Å²) in [6.07, 6.45) is 9.66. The van der Waals surface area contributed by atoms with Crippen molar-refractivity contribution in [2.75, 3.05) is 6.54 Å². The molecule has 1 fully saturated rings. The summed E-state index contributed by atoms with van der Waals surface area (Å²) >= 11 is 0. The van der Waals surface area contributed by atoms with Crippen LogP contribution in [0.1, 0.15) is 70.4 Å². The van der Waals surface area contributed by atoms with E-state index < -0.39 is 0 Å². The molecule has 0 radical (unpaired) electrons. The van der Waals surface area contributed by atoms with Crippen molar-refractivity contribution in [1.29, 1.82) is 0 Å². The number of aliphatic imine (C=N–C) groups is 1. The van der Waals surface area contributed by atoms with Crippen molar-refractivity contribution in [1.82, 2.24) is 25.4 Å². The Morgan fingerprint density at radius 1 is 1.28 bits per heavy atom. The summed E-state index contributed by atoms with van der Waals surface area (Å²) in [6, 6.07) is 0.436. The third kappa shape index (κ3) is 7.50. The van der Waals surface area contributed by atoms with E-state index in [-0.39, 0.29) is 24.0 Å². The third-order valence-electron chi connectivity index (χ3n) is 5.02. The molecule has 1 aromatic rings. The minimum absolute atomic E-state index is 0. The van der Waals surface area contributed by atoms with Crippen molar-refractivity contribution in [2.24, 2.45) is 18.0 Å². The summed E-state index contributed by atoms with van der Waals surface area (Å²) in [6.45, 7) is 7.70. The lowest BCUT2D eigenvalue weighted by Gasteiger charge is -2.24. The minimum atomic E-state index is 0. The summed E-state index contributed by atoms with van der Waals surface area (Å²) in [7, 11) is 1.98. The lowest BCUT2D eigenvalue weighted by atomic mass is 9.85. The normalized spacial score (nSPS) is 17.0. The molecule has 1 atom stereocenters. The lowest BCUT2D eigenvalue weighted by Crippen LogP contribution is -2.42. The fraction of sp³-hybridized carbons (Fsp3) is 0.833. The summed E-state index contributed by atoms with van der Waals surface area (Å²) < 4.78 is 1.99. The van der Waals surface area contributed by atoms with Crippen LogP contribution in [0.3, 0.4) is 0 Å². The quantitative estimate of drug-likeness (QED) is 0.370. The number of nitrogens with zero attached hydrogens (tertiary/aromatic N) is 4. The first kappa shape index (κ1) is 22.2. The Hall–Kier alpha value is -0.860. The van der Waals surface area contributed by atoms with Crippen LogP contribution in [0.4, 0.5) is 0 Å². The van der Waals surface area contributed by atoms with Gasteiger partial charge in [0, 0.05) is 19.6 Å². The van der Waals surface area contributed by atoms with Crippen LogP contribution in [0.25, 0.3) is 0 Å². The average Bonchev–Trinajstić information content (AvgIpc) is 2.91. The van der Waals surface area contributed by atoms with Crippen LogP contribution in [-0.4, -0.2) is 33.3 Å². The molecule has 1 aromatic heterocycles. The summed E-state index contributed by atoms with van der Waals surface area (Å²) in [5.41, 5.74) is 0. The van der Waals surface area contributed by atoms with Crippen molar-refractivity contribution in [2.45, 2.75) is 78.3 Å². The van der Waals surface area contributed by atoms with E-state index in [1.807, 2.05) is 18.5 Å². The predicted octanol–water partition coefficient (Wildman–Crippen LogP) is 3.55. The lowest BCUT2D eigenvalue weighted by molar-refractivity contribution is 0.322. The number of aromatic nitrogens is 3. The molecule has 1 heterocycles. The van der Waals surface area contributed by atoms with E-state index in [9.17, 15) is 0 Å². The third-order valence-corrected chi connectivity index (χ3v) is 5.02. The Kier molecular flexibility index (Phi) is 10.4. The second kappa shape index (κ2) is 11.7. The Morgan fingerprint density at radius 2 is 2.00 bits per heavy atom. The van der Waals surface area contributed by atoms with Crippen molar-refractivity contribution >= 4 is 29.9 Å². The molecule has 1 aliphatic rings. The Morgan fingerprint density at radius 3 is 2.60 bits per heavy atom. The Labute approximate surface area is 169 Å². The van der Waals surface area contributed by atoms with Gasteiger partial charge in [-0.3, -0.25) is 0 Å². The van der Waals surface area contributed by atoms with Crippen molar-refractivity contribution < 1.29 is 0 Å². The van der Waals surface area contributed by atoms with E-state index in [1.165, 1.54) is 44.9 Å². The van der Waals surface area contributed by atoms with Crippen LogP contribution in [0.2, 0.25) is 0 Å². The molecule has 0 aliphatic heterocycles. The molecule has 2 rings (SSSR count). The van der Waals surface area contributed by atoms with Crippen LogP contribution in [0.5, 0.6) is 0 Å². The molecule has 7 heteroatoms. The predicted molar refractivity (Wildman–Crippen MR) is 114 cm³/mol. The first-order chi connectivity index (χ1) is 11.6. The van der Waals surface area contributed by atoms with Gasteiger partial charge in [-0.25, -0.2) is 4.99 Å². The van der Waals surface area contributed by atoms with Gasteiger partial charge in [0.05, 0.1) is 0 Å². The number of halogens is 1. The van der Waals surface area contributed by atoms with Gasteiger partial charge in [-0.1, -0.05) is 32.1 Å². The number of hydrogen-bond acceptors (Lipinski definition) is 3. The van der Waals surface area contributed by atoms with Crippen molar-refractivity contribution in [3.8, 4) is 0 Å². The highest BCUT2D eigenvalue weighted by Crippen LogP contribution is 2.27.